The molecule has 5 nitrogen and oxygen atoms in total. The van der Waals surface area contributed by atoms with Gasteiger partial charge in [0, 0.05) is 18.0 Å². The molecule has 0 spiro atoms. The van der Waals surface area contributed by atoms with Gasteiger partial charge in [-0.25, -0.2) is 4.79 Å². The second-order valence-corrected chi connectivity index (χ2v) is 5.56. The van der Waals surface area contributed by atoms with E-state index in [1.165, 1.54) is 12.4 Å². The number of hydrogen-bond donors (Lipinski definition) is 0. The third kappa shape index (κ3) is 4.39. The monoisotopic (exact) mass is 356 g/mol. The Morgan fingerprint density at radius 3 is 2.41 bits per heavy atom. The van der Waals surface area contributed by atoms with Crippen molar-refractivity contribution in [3.63, 3.8) is 0 Å². The molecule has 0 radical (unpaired) electrons. The molecule has 2 aromatic carbocycles. The Morgan fingerprint density at radius 1 is 1.04 bits per heavy atom. The normalized spacial score (nSPS) is 10.7. The van der Waals surface area contributed by atoms with E-state index in [0.29, 0.717) is 22.6 Å². The molecule has 0 bridgehead atoms. The minimum Gasteiger partial charge on any atom is -0.496 e. The number of ether oxygens (including phenoxy) is 2. The summed E-state index contributed by atoms with van der Waals surface area (Å²) in [7, 11) is 1.57. The van der Waals surface area contributed by atoms with Gasteiger partial charge in [-0.15, -0.1) is 0 Å². The van der Waals surface area contributed by atoms with Gasteiger partial charge in [0.1, 0.15) is 11.5 Å². The van der Waals surface area contributed by atoms with Gasteiger partial charge in [-0.3, -0.25) is 4.98 Å². The molecule has 0 fully saturated rings. The third-order valence-corrected chi connectivity index (χ3v) is 3.84. The number of allylic oxidation sites excluding steroid dienone is 1. The van der Waals surface area contributed by atoms with E-state index < -0.39 is 5.97 Å². The van der Waals surface area contributed by atoms with Gasteiger partial charge in [-0.2, -0.15) is 5.26 Å². The summed E-state index contributed by atoms with van der Waals surface area (Å²) in [5, 5.41) is 9.51. The van der Waals surface area contributed by atoms with Crippen LogP contribution in [0.15, 0.2) is 73.1 Å². The fourth-order valence-electron chi connectivity index (χ4n) is 2.49. The van der Waals surface area contributed by atoms with Crippen LogP contribution < -0.4 is 9.47 Å². The van der Waals surface area contributed by atoms with Gasteiger partial charge in [0.15, 0.2) is 0 Å². The van der Waals surface area contributed by atoms with Crippen LogP contribution in [0.2, 0.25) is 0 Å². The van der Waals surface area contributed by atoms with Crippen LogP contribution in [0.1, 0.15) is 21.5 Å². The highest BCUT2D eigenvalue weighted by molar-refractivity contribution is 5.92. The van der Waals surface area contributed by atoms with E-state index in [9.17, 15) is 10.1 Å². The van der Waals surface area contributed by atoms with E-state index >= 15 is 0 Å². The number of methoxy groups -OCH3 is 1. The molecule has 0 aliphatic heterocycles. The van der Waals surface area contributed by atoms with Crippen molar-refractivity contribution in [3.05, 3.63) is 89.7 Å². The van der Waals surface area contributed by atoms with Gasteiger partial charge in [0.05, 0.1) is 24.3 Å². The smallest absolute Gasteiger partial charge is 0.343 e. The molecule has 5 heteroatoms. The molecule has 0 saturated carbocycles. The van der Waals surface area contributed by atoms with Crippen LogP contribution in [0, 0.1) is 11.3 Å². The first-order chi connectivity index (χ1) is 13.2. The number of pyridine rings is 1. The lowest BCUT2D eigenvalue weighted by Crippen LogP contribution is -2.08. The molecule has 0 atom stereocenters. The summed E-state index contributed by atoms with van der Waals surface area (Å²) in [6, 6.07) is 19.6. The number of benzene rings is 2. The van der Waals surface area contributed by atoms with Crippen LogP contribution in [0.4, 0.5) is 0 Å². The summed E-state index contributed by atoms with van der Waals surface area (Å²) < 4.78 is 10.7. The van der Waals surface area contributed by atoms with Crippen molar-refractivity contribution < 1.29 is 14.3 Å². The van der Waals surface area contributed by atoms with Gasteiger partial charge in [0.25, 0.3) is 0 Å². The van der Waals surface area contributed by atoms with Crippen LogP contribution in [-0.4, -0.2) is 18.1 Å². The number of para-hydroxylation sites is 1. The Bertz CT molecular complexity index is 1000. The summed E-state index contributed by atoms with van der Waals surface area (Å²) in [6.07, 6.45) is 4.82. The van der Waals surface area contributed by atoms with Crippen molar-refractivity contribution in [2.75, 3.05) is 7.11 Å². The SMILES string of the molecule is COc1ccccc1/C(C#N)=C\c1ccc(OC(=O)c2ccncc2)cc1. The summed E-state index contributed by atoms with van der Waals surface area (Å²) in [5.74, 6) is 0.602. The van der Waals surface area contributed by atoms with Crippen LogP contribution in [0.3, 0.4) is 0 Å². The molecule has 0 N–H and O–H groups in total. The van der Waals surface area contributed by atoms with E-state index in [0.717, 1.165) is 11.1 Å². The number of carbonyl (C=O) groups excluding carboxylic acids is 1. The van der Waals surface area contributed by atoms with Crippen LogP contribution in [0.25, 0.3) is 11.6 Å². The standard InChI is InChI=1S/C22H16N2O3/c1-26-21-5-3-2-4-20(21)18(15-23)14-16-6-8-19(9-7-16)27-22(25)17-10-12-24-13-11-17/h2-14H,1H3/b18-14-. The molecule has 0 aliphatic rings. The molecule has 1 aromatic heterocycles. The maximum Gasteiger partial charge on any atom is 0.343 e. The third-order valence-electron chi connectivity index (χ3n) is 3.84. The summed E-state index contributed by atoms with van der Waals surface area (Å²) in [4.78, 5) is 15.9. The van der Waals surface area contributed by atoms with Gasteiger partial charge >= 0.3 is 5.97 Å². The first-order valence-corrected chi connectivity index (χ1v) is 8.18. The van der Waals surface area contributed by atoms with Crippen molar-refractivity contribution in [2.45, 2.75) is 0 Å². The van der Waals surface area contributed by atoms with Gasteiger partial charge < -0.3 is 9.47 Å². The van der Waals surface area contributed by atoms with E-state index in [1.54, 1.807) is 49.6 Å². The number of nitrogens with zero attached hydrogens (tertiary/aromatic N) is 2. The molecule has 0 unspecified atom stereocenters. The Morgan fingerprint density at radius 2 is 1.74 bits per heavy atom. The minimum atomic E-state index is -0.451. The van der Waals surface area contributed by atoms with E-state index in [4.69, 9.17) is 9.47 Å². The lowest BCUT2D eigenvalue weighted by atomic mass is 10.0. The van der Waals surface area contributed by atoms with Gasteiger partial charge in [0.2, 0.25) is 0 Å². The van der Waals surface area contributed by atoms with Crippen molar-refractivity contribution in [1.29, 1.82) is 5.26 Å². The lowest BCUT2D eigenvalue weighted by molar-refractivity contribution is 0.0734. The number of hydrogen-bond acceptors (Lipinski definition) is 5. The number of nitriles is 1. The summed E-state index contributed by atoms with van der Waals surface area (Å²) >= 11 is 0. The van der Waals surface area contributed by atoms with Gasteiger partial charge in [-0.05, 0) is 48.0 Å². The first-order valence-electron chi connectivity index (χ1n) is 8.18. The second-order valence-electron chi connectivity index (χ2n) is 5.56. The number of carbonyl (C=O) groups is 1. The first kappa shape index (κ1) is 17.9. The zero-order valence-corrected chi connectivity index (χ0v) is 14.6. The lowest BCUT2D eigenvalue weighted by Gasteiger charge is -2.07. The number of esters is 1. The molecular weight excluding hydrogens is 340 g/mol. The molecule has 0 saturated heterocycles. The predicted octanol–water partition coefficient (Wildman–Crippen LogP) is 4.37. The van der Waals surface area contributed by atoms with Crippen molar-refractivity contribution in [2.24, 2.45) is 0 Å². The molecule has 1 heterocycles. The highest BCUT2D eigenvalue weighted by atomic mass is 16.5. The Hall–Kier alpha value is -3.91. The van der Waals surface area contributed by atoms with E-state index in [-0.39, 0.29) is 0 Å². The summed E-state index contributed by atoms with van der Waals surface area (Å²) in [5.41, 5.74) is 2.43. The molecule has 132 valence electrons. The molecular formula is C22H16N2O3. The Kier molecular flexibility index (Phi) is 5.60. The van der Waals surface area contributed by atoms with Gasteiger partial charge in [-0.1, -0.05) is 24.3 Å². The van der Waals surface area contributed by atoms with Crippen molar-refractivity contribution in [1.82, 2.24) is 4.98 Å². The number of rotatable bonds is 5. The molecule has 3 rings (SSSR count). The van der Waals surface area contributed by atoms with Crippen LogP contribution in [-0.2, 0) is 0 Å². The van der Waals surface area contributed by atoms with E-state index in [2.05, 4.69) is 11.1 Å². The topological polar surface area (TPSA) is 72.2 Å². The molecule has 3 aromatic rings. The van der Waals surface area contributed by atoms with E-state index in [1.807, 2.05) is 24.3 Å². The Balaban J connectivity index is 1.79. The average molecular weight is 356 g/mol. The zero-order chi connectivity index (χ0) is 19.1. The second kappa shape index (κ2) is 8.45. The quantitative estimate of drug-likeness (QED) is 0.294. The molecule has 0 aliphatic carbocycles. The maximum atomic E-state index is 12.1. The molecule has 0 amide bonds. The average Bonchev–Trinajstić information content (AvgIpc) is 2.73. The number of aromatic nitrogens is 1. The van der Waals surface area contributed by atoms with Crippen molar-refractivity contribution >= 4 is 17.6 Å². The van der Waals surface area contributed by atoms with Crippen molar-refractivity contribution in [3.8, 4) is 17.6 Å². The summed E-state index contributed by atoms with van der Waals surface area (Å²) in [6.45, 7) is 0. The fourth-order valence-corrected chi connectivity index (χ4v) is 2.49. The maximum absolute atomic E-state index is 12.1. The fraction of sp³-hybridized carbons (Fsp3) is 0.0455. The molecule has 27 heavy (non-hydrogen) atoms. The van der Waals surface area contributed by atoms with Crippen LogP contribution >= 0.6 is 0 Å². The van der Waals surface area contributed by atoms with Crippen LogP contribution in [0.5, 0.6) is 11.5 Å². The minimum absolute atomic E-state index is 0.421. The largest absolute Gasteiger partial charge is 0.496 e. The Labute approximate surface area is 157 Å². The zero-order valence-electron chi connectivity index (χ0n) is 14.6. The highest BCUT2D eigenvalue weighted by Crippen LogP contribution is 2.27. The predicted molar refractivity (Wildman–Crippen MR) is 102 cm³/mol. The highest BCUT2D eigenvalue weighted by Gasteiger charge is 2.09.